The van der Waals surface area contributed by atoms with E-state index in [-0.39, 0.29) is 5.41 Å². The van der Waals surface area contributed by atoms with Gasteiger partial charge in [-0.05, 0) is 23.3 Å². The van der Waals surface area contributed by atoms with Crippen molar-refractivity contribution < 1.29 is 4.74 Å². The number of methoxy groups -OCH3 is 1. The van der Waals surface area contributed by atoms with Crippen LogP contribution in [-0.4, -0.2) is 16.9 Å². The van der Waals surface area contributed by atoms with Gasteiger partial charge in [0, 0.05) is 30.8 Å². The van der Waals surface area contributed by atoms with Gasteiger partial charge in [0.15, 0.2) is 0 Å². The molecule has 2 rings (SSSR count). The maximum atomic E-state index is 5.89. The SMILES string of the molecule is COc1ccc(-c2cn(C)nc2C(C)(C)C)c(CN)c1. The number of nitrogens with zero attached hydrogens (tertiary/aromatic N) is 2. The molecule has 0 unspecified atom stereocenters. The quantitative estimate of drug-likeness (QED) is 0.935. The van der Waals surface area contributed by atoms with Crippen molar-refractivity contribution in [2.45, 2.75) is 32.7 Å². The molecule has 2 N–H and O–H groups in total. The Bertz CT molecular complexity index is 609. The lowest BCUT2D eigenvalue weighted by Gasteiger charge is -2.19. The average molecular weight is 273 g/mol. The molecule has 0 bridgehead atoms. The molecule has 20 heavy (non-hydrogen) atoms. The summed E-state index contributed by atoms with van der Waals surface area (Å²) in [6, 6.07) is 6.02. The van der Waals surface area contributed by atoms with E-state index in [1.807, 2.05) is 23.9 Å². The molecule has 0 aliphatic heterocycles. The molecular weight excluding hydrogens is 250 g/mol. The third kappa shape index (κ3) is 2.70. The van der Waals surface area contributed by atoms with Crippen molar-refractivity contribution >= 4 is 0 Å². The van der Waals surface area contributed by atoms with E-state index < -0.39 is 0 Å². The number of hydrogen-bond acceptors (Lipinski definition) is 3. The van der Waals surface area contributed by atoms with Crippen LogP contribution in [0.25, 0.3) is 11.1 Å². The largest absolute Gasteiger partial charge is 0.497 e. The van der Waals surface area contributed by atoms with Crippen LogP contribution in [0.5, 0.6) is 5.75 Å². The summed E-state index contributed by atoms with van der Waals surface area (Å²) < 4.78 is 7.14. The number of ether oxygens (including phenoxy) is 1. The second-order valence-electron chi connectivity index (χ2n) is 6.04. The van der Waals surface area contributed by atoms with Crippen LogP contribution in [-0.2, 0) is 19.0 Å². The van der Waals surface area contributed by atoms with Gasteiger partial charge in [0.25, 0.3) is 0 Å². The molecule has 0 saturated carbocycles. The van der Waals surface area contributed by atoms with Crippen molar-refractivity contribution in [3.63, 3.8) is 0 Å². The molecule has 4 nitrogen and oxygen atoms in total. The molecule has 0 saturated heterocycles. The van der Waals surface area contributed by atoms with Gasteiger partial charge in [0.1, 0.15) is 5.75 Å². The van der Waals surface area contributed by atoms with E-state index in [0.717, 1.165) is 28.1 Å². The molecule has 0 aliphatic rings. The Morgan fingerprint density at radius 1 is 1.25 bits per heavy atom. The summed E-state index contributed by atoms with van der Waals surface area (Å²) in [4.78, 5) is 0. The van der Waals surface area contributed by atoms with Gasteiger partial charge < -0.3 is 10.5 Å². The van der Waals surface area contributed by atoms with E-state index >= 15 is 0 Å². The lowest BCUT2D eigenvalue weighted by Crippen LogP contribution is -2.14. The average Bonchev–Trinajstić information content (AvgIpc) is 2.80. The summed E-state index contributed by atoms with van der Waals surface area (Å²) in [5.41, 5.74) is 10.3. The molecule has 4 heteroatoms. The highest BCUT2D eigenvalue weighted by Crippen LogP contribution is 2.34. The number of nitrogens with two attached hydrogens (primary N) is 1. The van der Waals surface area contributed by atoms with Crippen LogP contribution >= 0.6 is 0 Å². The third-order valence-corrected chi connectivity index (χ3v) is 3.36. The summed E-state index contributed by atoms with van der Waals surface area (Å²) in [5, 5.41) is 4.62. The van der Waals surface area contributed by atoms with E-state index in [1.54, 1.807) is 7.11 Å². The van der Waals surface area contributed by atoms with Gasteiger partial charge in [0.2, 0.25) is 0 Å². The number of hydrogen-bond donors (Lipinski definition) is 1. The normalized spacial score (nSPS) is 11.7. The van der Waals surface area contributed by atoms with Crippen molar-refractivity contribution in [3.8, 4) is 16.9 Å². The van der Waals surface area contributed by atoms with Gasteiger partial charge >= 0.3 is 0 Å². The zero-order chi connectivity index (χ0) is 14.9. The number of aryl methyl sites for hydroxylation is 1. The van der Waals surface area contributed by atoms with Gasteiger partial charge in [0.05, 0.1) is 12.8 Å². The first-order valence-electron chi connectivity index (χ1n) is 6.78. The summed E-state index contributed by atoms with van der Waals surface area (Å²) in [5.74, 6) is 0.829. The minimum atomic E-state index is -0.0115. The Morgan fingerprint density at radius 2 is 1.95 bits per heavy atom. The Hall–Kier alpha value is -1.81. The smallest absolute Gasteiger partial charge is 0.119 e. The summed E-state index contributed by atoms with van der Waals surface area (Å²) in [6.45, 7) is 6.99. The second-order valence-corrected chi connectivity index (χ2v) is 6.04. The molecule has 1 heterocycles. The van der Waals surface area contributed by atoms with Crippen LogP contribution in [0.2, 0.25) is 0 Å². The molecule has 1 aromatic heterocycles. The van der Waals surface area contributed by atoms with Crippen molar-refractivity contribution in [2.24, 2.45) is 12.8 Å². The molecule has 0 fully saturated rings. The van der Waals surface area contributed by atoms with Crippen LogP contribution in [0.3, 0.4) is 0 Å². The zero-order valence-corrected chi connectivity index (χ0v) is 12.9. The number of benzene rings is 1. The lowest BCUT2D eigenvalue weighted by molar-refractivity contribution is 0.414. The summed E-state index contributed by atoms with van der Waals surface area (Å²) >= 11 is 0. The molecule has 0 radical (unpaired) electrons. The molecule has 0 spiro atoms. The van der Waals surface area contributed by atoms with Crippen molar-refractivity contribution in [1.82, 2.24) is 9.78 Å². The van der Waals surface area contributed by atoms with Crippen molar-refractivity contribution in [3.05, 3.63) is 35.7 Å². The van der Waals surface area contributed by atoms with E-state index in [4.69, 9.17) is 10.5 Å². The first kappa shape index (κ1) is 14.6. The van der Waals surface area contributed by atoms with Crippen LogP contribution in [0.15, 0.2) is 24.4 Å². The monoisotopic (exact) mass is 273 g/mol. The molecular formula is C16H23N3O. The van der Waals surface area contributed by atoms with E-state index in [0.29, 0.717) is 6.54 Å². The Balaban J connectivity index is 2.62. The van der Waals surface area contributed by atoms with Gasteiger partial charge in [-0.1, -0.05) is 26.8 Å². The Labute approximate surface area is 120 Å². The number of aromatic nitrogens is 2. The highest BCUT2D eigenvalue weighted by atomic mass is 16.5. The maximum Gasteiger partial charge on any atom is 0.119 e. The van der Waals surface area contributed by atoms with Crippen LogP contribution in [0.4, 0.5) is 0 Å². The fourth-order valence-electron chi connectivity index (χ4n) is 2.37. The highest BCUT2D eigenvalue weighted by Gasteiger charge is 2.23. The lowest BCUT2D eigenvalue weighted by atomic mass is 9.86. The van der Waals surface area contributed by atoms with Gasteiger partial charge in [-0.25, -0.2) is 0 Å². The Morgan fingerprint density at radius 3 is 2.50 bits per heavy atom. The molecule has 108 valence electrons. The maximum absolute atomic E-state index is 5.89. The van der Waals surface area contributed by atoms with Gasteiger partial charge in [-0.2, -0.15) is 5.10 Å². The van der Waals surface area contributed by atoms with E-state index in [9.17, 15) is 0 Å². The second kappa shape index (κ2) is 5.29. The number of rotatable bonds is 3. The zero-order valence-electron chi connectivity index (χ0n) is 12.9. The minimum Gasteiger partial charge on any atom is -0.497 e. The first-order chi connectivity index (χ1) is 9.36. The molecule has 0 atom stereocenters. The Kier molecular flexibility index (Phi) is 3.86. The standard InChI is InChI=1S/C16H23N3O/c1-16(2,3)15-14(10-19(4)18-15)13-7-6-12(20-5)8-11(13)9-17/h6-8,10H,9,17H2,1-5H3. The van der Waals surface area contributed by atoms with Crippen molar-refractivity contribution in [2.75, 3.05) is 7.11 Å². The predicted molar refractivity (Wildman–Crippen MR) is 81.8 cm³/mol. The van der Waals surface area contributed by atoms with E-state index in [1.165, 1.54) is 0 Å². The topological polar surface area (TPSA) is 53.1 Å². The van der Waals surface area contributed by atoms with Crippen LogP contribution < -0.4 is 10.5 Å². The highest BCUT2D eigenvalue weighted by molar-refractivity contribution is 5.71. The van der Waals surface area contributed by atoms with Crippen LogP contribution in [0, 0.1) is 0 Å². The molecule has 1 aromatic carbocycles. The summed E-state index contributed by atoms with van der Waals surface area (Å²) in [7, 11) is 3.62. The van der Waals surface area contributed by atoms with Crippen LogP contribution in [0.1, 0.15) is 32.0 Å². The van der Waals surface area contributed by atoms with E-state index in [2.05, 4.69) is 38.1 Å². The molecule has 2 aromatic rings. The fourth-order valence-corrected chi connectivity index (χ4v) is 2.37. The first-order valence-corrected chi connectivity index (χ1v) is 6.78. The van der Waals surface area contributed by atoms with Gasteiger partial charge in [-0.3, -0.25) is 4.68 Å². The van der Waals surface area contributed by atoms with Crippen molar-refractivity contribution in [1.29, 1.82) is 0 Å². The molecule has 0 amide bonds. The fraction of sp³-hybridized carbons (Fsp3) is 0.438. The third-order valence-electron chi connectivity index (χ3n) is 3.36. The predicted octanol–water partition coefficient (Wildman–Crippen LogP) is 2.85. The summed E-state index contributed by atoms with van der Waals surface area (Å²) in [6.07, 6.45) is 2.06. The molecule has 0 aliphatic carbocycles. The van der Waals surface area contributed by atoms with Gasteiger partial charge in [-0.15, -0.1) is 0 Å². The minimum absolute atomic E-state index is 0.0115.